The first-order valence-electron chi connectivity index (χ1n) is 10.5. The van der Waals surface area contributed by atoms with Gasteiger partial charge in [0.25, 0.3) is 5.91 Å². The van der Waals surface area contributed by atoms with Crippen LogP contribution in [0.3, 0.4) is 0 Å². The molecule has 0 spiro atoms. The Bertz CT molecular complexity index is 1100. The summed E-state index contributed by atoms with van der Waals surface area (Å²) >= 11 is 5.82. The number of hydrogen-bond donors (Lipinski definition) is 3. The fourth-order valence-electron chi connectivity index (χ4n) is 2.96. The minimum atomic E-state index is -4.02. The molecule has 0 heterocycles. The number of ether oxygens (including phenoxy) is 1. The average Bonchev–Trinajstić information content (AvgIpc) is 2.80. The van der Waals surface area contributed by atoms with E-state index in [4.69, 9.17) is 11.6 Å². The number of methoxy groups -OCH3 is 1. The highest BCUT2D eigenvalue weighted by Crippen LogP contribution is 2.14. The van der Waals surface area contributed by atoms with Crippen molar-refractivity contribution in [3.63, 3.8) is 0 Å². The molecule has 0 aliphatic heterocycles. The standard InChI is InChI=1S/C23H28ClN3O6S/c1-15(2)12-20(23(30)26-14-21(28)33-3)27-34(31,32)19-10-4-16(5-11-19)13-25-22(29)17-6-8-18(24)9-7-17/h4-11,15,20,27H,12-14H2,1-3H3,(H,25,29)(H,26,30). The maximum absolute atomic E-state index is 12.8. The molecule has 34 heavy (non-hydrogen) atoms. The summed E-state index contributed by atoms with van der Waals surface area (Å²) in [4.78, 5) is 35.9. The molecule has 1 unspecified atom stereocenters. The van der Waals surface area contributed by atoms with Crippen LogP contribution in [0.5, 0.6) is 0 Å². The second-order valence-corrected chi connectivity index (χ2v) is 10.1. The van der Waals surface area contributed by atoms with Gasteiger partial charge in [-0.05, 0) is 54.3 Å². The molecule has 1 atom stereocenters. The number of carbonyl (C=O) groups excluding carboxylic acids is 3. The average molecular weight is 510 g/mol. The monoisotopic (exact) mass is 509 g/mol. The molecule has 2 aromatic rings. The van der Waals surface area contributed by atoms with Crippen LogP contribution >= 0.6 is 11.6 Å². The number of sulfonamides is 1. The van der Waals surface area contributed by atoms with Crippen LogP contribution in [0.2, 0.25) is 5.02 Å². The molecule has 0 saturated heterocycles. The number of amides is 2. The zero-order valence-corrected chi connectivity index (χ0v) is 20.7. The molecule has 0 aromatic heterocycles. The number of halogens is 1. The molecule has 0 radical (unpaired) electrons. The normalized spacial score (nSPS) is 12.1. The minimum Gasteiger partial charge on any atom is -0.468 e. The third-order valence-corrected chi connectivity index (χ3v) is 6.49. The van der Waals surface area contributed by atoms with Crippen molar-refractivity contribution in [1.29, 1.82) is 0 Å². The van der Waals surface area contributed by atoms with E-state index in [-0.39, 0.29) is 36.2 Å². The molecule has 0 aliphatic rings. The Labute approximate surface area is 204 Å². The van der Waals surface area contributed by atoms with Crippen LogP contribution in [-0.2, 0) is 30.9 Å². The highest BCUT2D eigenvalue weighted by molar-refractivity contribution is 7.89. The van der Waals surface area contributed by atoms with E-state index in [0.29, 0.717) is 16.1 Å². The van der Waals surface area contributed by atoms with Gasteiger partial charge in [0.1, 0.15) is 12.6 Å². The van der Waals surface area contributed by atoms with Crippen LogP contribution in [0.4, 0.5) is 0 Å². The van der Waals surface area contributed by atoms with Gasteiger partial charge in [0.2, 0.25) is 15.9 Å². The lowest BCUT2D eigenvalue weighted by atomic mass is 10.0. The van der Waals surface area contributed by atoms with Gasteiger partial charge in [-0.2, -0.15) is 4.72 Å². The van der Waals surface area contributed by atoms with Crippen molar-refractivity contribution in [2.24, 2.45) is 5.92 Å². The maximum Gasteiger partial charge on any atom is 0.325 e. The number of esters is 1. The molecule has 11 heteroatoms. The van der Waals surface area contributed by atoms with Gasteiger partial charge in [-0.15, -0.1) is 0 Å². The second kappa shape index (κ2) is 12.5. The summed E-state index contributed by atoms with van der Waals surface area (Å²) < 4.78 is 32.6. The zero-order chi connectivity index (χ0) is 25.3. The Balaban J connectivity index is 2.03. The van der Waals surface area contributed by atoms with Crippen molar-refractivity contribution in [2.45, 2.75) is 37.8 Å². The first-order valence-corrected chi connectivity index (χ1v) is 12.4. The van der Waals surface area contributed by atoms with Crippen molar-refractivity contribution >= 4 is 39.4 Å². The van der Waals surface area contributed by atoms with Crippen LogP contribution in [0, 0.1) is 5.92 Å². The van der Waals surface area contributed by atoms with Crippen LogP contribution < -0.4 is 15.4 Å². The lowest BCUT2D eigenvalue weighted by Gasteiger charge is -2.20. The van der Waals surface area contributed by atoms with Gasteiger partial charge in [0, 0.05) is 17.1 Å². The molecule has 184 valence electrons. The van der Waals surface area contributed by atoms with E-state index in [1.807, 2.05) is 13.8 Å². The number of benzene rings is 2. The van der Waals surface area contributed by atoms with Crippen molar-refractivity contribution in [1.82, 2.24) is 15.4 Å². The first kappa shape index (κ1) is 27.3. The van der Waals surface area contributed by atoms with Gasteiger partial charge in [0.05, 0.1) is 12.0 Å². The van der Waals surface area contributed by atoms with Crippen LogP contribution in [-0.4, -0.2) is 45.9 Å². The Morgan fingerprint density at radius 1 is 0.971 bits per heavy atom. The summed E-state index contributed by atoms with van der Waals surface area (Å²) in [6.45, 7) is 3.53. The Morgan fingerprint density at radius 3 is 2.15 bits per heavy atom. The molecule has 3 N–H and O–H groups in total. The summed E-state index contributed by atoms with van der Waals surface area (Å²) in [6.07, 6.45) is 0.237. The highest BCUT2D eigenvalue weighted by atomic mass is 35.5. The van der Waals surface area contributed by atoms with Gasteiger partial charge in [-0.3, -0.25) is 14.4 Å². The SMILES string of the molecule is COC(=O)CNC(=O)C(CC(C)C)NS(=O)(=O)c1ccc(CNC(=O)c2ccc(Cl)cc2)cc1. The van der Waals surface area contributed by atoms with Gasteiger partial charge < -0.3 is 15.4 Å². The van der Waals surface area contributed by atoms with Gasteiger partial charge >= 0.3 is 5.97 Å². The largest absolute Gasteiger partial charge is 0.468 e. The smallest absolute Gasteiger partial charge is 0.325 e. The summed E-state index contributed by atoms with van der Waals surface area (Å²) in [5, 5.41) is 5.66. The predicted molar refractivity (Wildman–Crippen MR) is 128 cm³/mol. The van der Waals surface area contributed by atoms with Crippen LogP contribution in [0.25, 0.3) is 0 Å². The number of carbonyl (C=O) groups is 3. The molecule has 0 fully saturated rings. The fraction of sp³-hybridized carbons (Fsp3) is 0.348. The summed E-state index contributed by atoms with van der Waals surface area (Å²) in [5.41, 5.74) is 1.14. The molecule has 0 bridgehead atoms. The zero-order valence-electron chi connectivity index (χ0n) is 19.1. The van der Waals surface area contributed by atoms with Crippen LogP contribution in [0.15, 0.2) is 53.4 Å². The second-order valence-electron chi connectivity index (χ2n) is 7.93. The molecule has 2 rings (SSSR count). The van der Waals surface area contributed by atoms with Gasteiger partial charge in [0.15, 0.2) is 0 Å². The molecule has 2 aromatic carbocycles. The molecule has 2 amide bonds. The molecular weight excluding hydrogens is 482 g/mol. The topological polar surface area (TPSA) is 131 Å². The van der Waals surface area contributed by atoms with Crippen molar-refractivity contribution in [3.05, 3.63) is 64.7 Å². The summed E-state index contributed by atoms with van der Waals surface area (Å²) in [7, 11) is -2.83. The fourth-order valence-corrected chi connectivity index (χ4v) is 4.30. The van der Waals surface area contributed by atoms with E-state index in [2.05, 4.69) is 20.1 Å². The number of rotatable bonds is 11. The molecule has 0 saturated carbocycles. The first-order chi connectivity index (χ1) is 16.0. The highest BCUT2D eigenvalue weighted by Gasteiger charge is 2.27. The van der Waals surface area contributed by atoms with Crippen molar-refractivity contribution in [2.75, 3.05) is 13.7 Å². The van der Waals surface area contributed by atoms with E-state index in [1.54, 1.807) is 36.4 Å². The minimum absolute atomic E-state index is 0.0169. The lowest BCUT2D eigenvalue weighted by molar-refractivity contribution is -0.141. The van der Waals surface area contributed by atoms with Crippen LogP contribution in [0.1, 0.15) is 36.2 Å². The van der Waals surface area contributed by atoms with Gasteiger partial charge in [-0.25, -0.2) is 8.42 Å². The van der Waals surface area contributed by atoms with E-state index in [1.165, 1.54) is 19.2 Å². The third kappa shape index (κ3) is 8.44. The maximum atomic E-state index is 12.8. The lowest BCUT2D eigenvalue weighted by Crippen LogP contribution is -2.48. The van der Waals surface area contributed by atoms with Gasteiger partial charge in [-0.1, -0.05) is 37.6 Å². The molecule has 9 nitrogen and oxygen atoms in total. The number of nitrogens with one attached hydrogen (secondary N) is 3. The molecule has 0 aliphatic carbocycles. The molecular formula is C23H28ClN3O6S. The van der Waals surface area contributed by atoms with E-state index in [9.17, 15) is 22.8 Å². The number of hydrogen-bond acceptors (Lipinski definition) is 6. The van der Waals surface area contributed by atoms with E-state index < -0.39 is 27.9 Å². The van der Waals surface area contributed by atoms with E-state index in [0.717, 1.165) is 0 Å². The third-order valence-electron chi connectivity index (χ3n) is 4.75. The Morgan fingerprint density at radius 2 is 1.59 bits per heavy atom. The van der Waals surface area contributed by atoms with Crippen molar-refractivity contribution in [3.8, 4) is 0 Å². The van der Waals surface area contributed by atoms with Crippen molar-refractivity contribution < 1.29 is 27.5 Å². The Hall–Kier alpha value is -2.95. The quantitative estimate of drug-likeness (QED) is 0.398. The Kier molecular flexibility index (Phi) is 10.0. The summed E-state index contributed by atoms with van der Waals surface area (Å²) in [6, 6.07) is 11.3. The summed E-state index contributed by atoms with van der Waals surface area (Å²) in [5.74, 6) is -1.53. The van der Waals surface area contributed by atoms with E-state index >= 15 is 0 Å². The predicted octanol–water partition coefficient (Wildman–Crippen LogP) is 2.25.